The van der Waals surface area contributed by atoms with Crippen molar-refractivity contribution in [1.82, 2.24) is 4.57 Å². The number of hydrogen-bond acceptors (Lipinski definition) is 2. The predicted molar refractivity (Wildman–Crippen MR) is 105 cm³/mol. The molecular formula is C21H16ClFN2O2. The Morgan fingerprint density at radius 3 is 2.59 bits per heavy atom. The first kappa shape index (κ1) is 18.6. The number of nitrogens with one attached hydrogen (secondary N) is 1. The van der Waals surface area contributed by atoms with Crippen LogP contribution in [0.3, 0.4) is 0 Å². The molecule has 0 fully saturated rings. The van der Waals surface area contributed by atoms with Crippen LogP contribution < -0.4 is 10.9 Å². The Hall–Kier alpha value is -3.18. The van der Waals surface area contributed by atoms with Crippen LogP contribution in [-0.2, 0) is 11.3 Å². The quantitative estimate of drug-likeness (QED) is 0.667. The normalized spacial score (nSPS) is 10.9. The molecule has 0 saturated carbocycles. The van der Waals surface area contributed by atoms with Crippen molar-refractivity contribution < 1.29 is 9.18 Å². The molecule has 0 spiro atoms. The van der Waals surface area contributed by atoms with Gasteiger partial charge in [0.2, 0.25) is 5.91 Å². The summed E-state index contributed by atoms with van der Waals surface area (Å²) >= 11 is 6.14. The van der Waals surface area contributed by atoms with E-state index in [2.05, 4.69) is 5.32 Å². The third kappa shape index (κ3) is 4.92. The molecule has 3 rings (SSSR count). The van der Waals surface area contributed by atoms with Crippen molar-refractivity contribution in [3.63, 3.8) is 0 Å². The molecule has 1 N–H and O–H groups in total. The van der Waals surface area contributed by atoms with Gasteiger partial charge in [-0.15, -0.1) is 0 Å². The van der Waals surface area contributed by atoms with Crippen LogP contribution in [-0.4, -0.2) is 10.5 Å². The standard InChI is InChI=1S/C21H16ClFN2O2/c22-18-7-3-1-6-16(18)13-25-14-17(10-12-21(25)27)24-20(26)11-9-15-5-2-4-8-19(15)23/h1-12,14H,13H2,(H,24,26)/b11-9-. The lowest BCUT2D eigenvalue weighted by Crippen LogP contribution is -2.20. The first-order valence-electron chi connectivity index (χ1n) is 8.20. The van der Waals surface area contributed by atoms with Gasteiger partial charge in [0.1, 0.15) is 5.82 Å². The van der Waals surface area contributed by atoms with Gasteiger partial charge in [0, 0.05) is 28.9 Å². The molecule has 1 heterocycles. The number of nitrogens with zero attached hydrogens (tertiary/aromatic N) is 1. The summed E-state index contributed by atoms with van der Waals surface area (Å²) in [7, 11) is 0. The molecule has 0 aliphatic carbocycles. The number of aromatic nitrogens is 1. The van der Waals surface area contributed by atoms with E-state index in [0.29, 0.717) is 16.3 Å². The zero-order valence-corrected chi connectivity index (χ0v) is 15.0. The van der Waals surface area contributed by atoms with Gasteiger partial charge in [-0.05, 0) is 29.8 Å². The summed E-state index contributed by atoms with van der Waals surface area (Å²) < 4.78 is 15.0. The van der Waals surface area contributed by atoms with Gasteiger partial charge in [-0.25, -0.2) is 4.39 Å². The summed E-state index contributed by atoms with van der Waals surface area (Å²) in [6, 6.07) is 16.3. The summed E-state index contributed by atoms with van der Waals surface area (Å²) in [5.74, 6) is -0.837. The smallest absolute Gasteiger partial charge is 0.250 e. The summed E-state index contributed by atoms with van der Waals surface area (Å²) in [5.41, 5.74) is 1.35. The average Bonchev–Trinajstić information content (AvgIpc) is 2.65. The Morgan fingerprint density at radius 2 is 1.81 bits per heavy atom. The van der Waals surface area contributed by atoms with Crippen LogP contribution in [0.4, 0.5) is 10.1 Å². The van der Waals surface area contributed by atoms with Gasteiger partial charge in [-0.1, -0.05) is 48.0 Å². The Balaban J connectivity index is 1.74. The Morgan fingerprint density at radius 1 is 1.07 bits per heavy atom. The largest absolute Gasteiger partial charge is 0.321 e. The van der Waals surface area contributed by atoms with E-state index in [1.807, 2.05) is 18.2 Å². The monoisotopic (exact) mass is 382 g/mol. The van der Waals surface area contributed by atoms with Crippen molar-refractivity contribution in [3.05, 3.63) is 105 Å². The maximum absolute atomic E-state index is 13.6. The average molecular weight is 383 g/mol. The van der Waals surface area contributed by atoms with Crippen molar-refractivity contribution in [2.45, 2.75) is 6.54 Å². The van der Waals surface area contributed by atoms with Crippen molar-refractivity contribution in [1.29, 1.82) is 0 Å². The van der Waals surface area contributed by atoms with Gasteiger partial charge in [-0.2, -0.15) is 0 Å². The molecule has 0 radical (unpaired) electrons. The lowest BCUT2D eigenvalue weighted by molar-refractivity contribution is -0.111. The predicted octanol–water partition coefficient (Wildman–Crippen LogP) is 4.34. The molecule has 0 atom stereocenters. The maximum atomic E-state index is 13.6. The van der Waals surface area contributed by atoms with Crippen molar-refractivity contribution in [2.75, 3.05) is 5.32 Å². The Kier molecular flexibility index (Phi) is 5.84. The van der Waals surface area contributed by atoms with E-state index in [0.717, 1.165) is 5.56 Å². The zero-order chi connectivity index (χ0) is 19.2. The van der Waals surface area contributed by atoms with Gasteiger partial charge >= 0.3 is 0 Å². The molecule has 0 saturated heterocycles. The summed E-state index contributed by atoms with van der Waals surface area (Å²) in [4.78, 5) is 24.1. The second kappa shape index (κ2) is 8.47. The van der Waals surface area contributed by atoms with E-state index < -0.39 is 11.7 Å². The number of anilines is 1. The number of hydrogen-bond donors (Lipinski definition) is 1. The highest BCUT2D eigenvalue weighted by molar-refractivity contribution is 6.31. The Labute approximate surface area is 160 Å². The molecule has 3 aromatic rings. The lowest BCUT2D eigenvalue weighted by atomic mass is 10.2. The number of halogens is 2. The summed E-state index contributed by atoms with van der Waals surface area (Å²) in [6.07, 6.45) is 4.17. The van der Waals surface area contributed by atoms with E-state index in [9.17, 15) is 14.0 Å². The first-order chi connectivity index (χ1) is 13.0. The SMILES string of the molecule is O=C(/C=C\c1ccccc1F)Nc1ccc(=O)n(Cc2ccccc2Cl)c1. The van der Waals surface area contributed by atoms with E-state index in [4.69, 9.17) is 11.6 Å². The number of amides is 1. The lowest BCUT2D eigenvalue weighted by Gasteiger charge is -2.10. The minimum Gasteiger partial charge on any atom is -0.321 e. The number of benzene rings is 2. The van der Waals surface area contributed by atoms with E-state index in [1.165, 1.54) is 34.9 Å². The molecular weight excluding hydrogens is 367 g/mol. The fourth-order valence-corrected chi connectivity index (χ4v) is 2.69. The second-order valence-corrected chi connectivity index (χ2v) is 6.23. The summed E-state index contributed by atoms with van der Waals surface area (Å²) in [6.45, 7) is 0.285. The van der Waals surface area contributed by atoms with Crippen LogP contribution in [0.5, 0.6) is 0 Å². The first-order valence-corrected chi connectivity index (χ1v) is 8.58. The molecule has 0 aliphatic heterocycles. The minimum atomic E-state index is -0.429. The molecule has 0 unspecified atom stereocenters. The third-order valence-corrected chi connectivity index (χ3v) is 4.24. The van der Waals surface area contributed by atoms with Gasteiger partial charge in [0.25, 0.3) is 5.56 Å². The second-order valence-electron chi connectivity index (χ2n) is 5.82. The Bertz CT molecular complexity index is 1060. The number of carbonyl (C=O) groups excluding carboxylic acids is 1. The van der Waals surface area contributed by atoms with E-state index >= 15 is 0 Å². The molecule has 0 aliphatic rings. The number of pyridine rings is 1. The summed E-state index contributed by atoms with van der Waals surface area (Å²) in [5, 5.41) is 3.22. The van der Waals surface area contributed by atoms with Gasteiger partial charge in [0.05, 0.1) is 12.2 Å². The van der Waals surface area contributed by atoms with Crippen LogP contribution in [0.25, 0.3) is 6.08 Å². The van der Waals surface area contributed by atoms with Gasteiger partial charge in [0.15, 0.2) is 0 Å². The third-order valence-electron chi connectivity index (χ3n) is 3.87. The molecule has 4 nitrogen and oxygen atoms in total. The molecule has 27 heavy (non-hydrogen) atoms. The molecule has 1 aromatic heterocycles. The highest BCUT2D eigenvalue weighted by Gasteiger charge is 2.05. The van der Waals surface area contributed by atoms with E-state index in [1.54, 1.807) is 30.5 Å². The fourth-order valence-electron chi connectivity index (χ4n) is 2.50. The number of rotatable bonds is 5. The van der Waals surface area contributed by atoms with Gasteiger partial charge in [-0.3, -0.25) is 9.59 Å². The highest BCUT2D eigenvalue weighted by Crippen LogP contribution is 2.16. The topological polar surface area (TPSA) is 51.1 Å². The van der Waals surface area contributed by atoms with Crippen LogP contribution in [0, 0.1) is 5.82 Å². The van der Waals surface area contributed by atoms with Crippen LogP contribution in [0.2, 0.25) is 5.02 Å². The molecule has 6 heteroatoms. The molecule has 2 aromatic carbocycles. The van der Waals surface area contributed by atoms with Crippen molar-refractivity contribution >= 4 is 29.3 Å². The van der Waals surface area contributed by atoms with Crippen LogP contribution in [0.15, 0.2) is 77.7 Å². The van der Waals surface area contributed by atoms with E-state index in [-0.39, 0.29) is 12.1 Å². The van der Waals surface area contributed by atoms with Gasteiger partial charge < -0.3 is 9.88 Å². The number of carbonyl (C=O) groups is 1. The highest BCUT2D eigenvalue weighted by atomic mass is 35.5. The molecule has 1 amide bonds. The van der Waals surface area contributed by atoms with Crippen LogP contribution in [0.1, 0.15) is 11.1 Å². The van der Waals surface area contributed by atoms with Crippen LogP contribution >= 0.6 is 11.6 Å². The maximum Gasteiger partial charge on any atom is 0.250 e. The minimum absolute atomic E-state index is 0.213. The van der Waals surface area contributed by atoms with Crippen molar-refractivity contribution in [3.8, 4) is 0 Å². The fraction of sp³-hybridized carbons (Fsp3) is 0.0476. The van der Waals surface area contributed by atoms with Crippen molar-refractivity contribution in [2.24, 2.45) is 0 Å². The molecule has 0 bridgehead atoms. The zero-order valence-electron chi connectivity index (χ0n) is 14.2. The molecule has 136 valence electrons.